The summed E-state index contributed by atoms with van der Waals surface area (Å²) in [5.41, 5.74) is -1.06. The molecule has 0 heterocycles. The molecule has 1 N–H and O–H groups in total. The predicted octanol–water partition coefficient (Wildman–Crippen LogP) is 2.18. The maximum atomic E-state index is 13.5. The van der Waals surface area contributed by atoms with Crippen molar-refractivity contribution in [1.82, 2.24) is 0 Å². The highest BCUT2D eigenvalue weighted by Crippen LogP contribution is 2.31. The number of carbonyl (C=O) groups excluding carboxylic acids is 2. The van der Waals surface area contributed by atoms with E-state index < -0.39 is 39.2 Å². The third-order valence-electron chi connectivity index (χ3n) is 1.83. The highest BCUT2D eigenvalue weighted by molar-refractivity contribution is 9.10. The van der Waals surface area contributed by atoms with Crippen LogP contribution in [0.15, 0.2) is 10.5 Å². The summed E-state index contributed by atoms with van der Waals surface area (Å²) in [5, 5.41) is 9.07. The molecule has 0 atom stereocenters. The van der Waals surface area contributed by atoms with Crippen LogP contribution in [0.25, 0.3) is 0 Å². The minimum atomic E-state index is -1.44. The molecule has 0 aliphatic rings. The molecule has 0 aliphatic carbocycles. The maximum Gasteiger partial charge on any atom is 0.379 e. The fourth-order valence-electron chi connectivity index (χ4n) is 1.09. The first-order chi connectivity index (χ1) is 7.90. The molecule has 0 amide bonds. The van der Waals surface area contributed by atoms with Gasteiger partial charge in [-0.25, -0.2) is 13.6 Å². The number of ether oxygens (including phenoxy) is 1. The summed E-state index contributed by atoms with van der Waals surface area (Å²) >= 11 is 2.62. The van der Waals surface area contributed by atoms with Gasteiger partial charge in [-0.05, 0) is 22.9 Å². The second-order valence-electron chi connectivity index (χ2n) is 2.93. The Balaban J connectivity index is 3.28. The average molecular weight is 309 g/mol. The third-order valence-corrected chi connectivity index (χ3v) is 2.58. The number of esters is 1. The molecule has 0 aromatic heterocycles. The van der Waals surface area contributed by atoms with Crippen molar-refractivity contribution < 1.29 is 28.2 Å². The summed E-state index contributed by atoms with van der Waals surface area (Å²) in [7, 11) is 0. The van der Waals surface area contributed by atoms with Gasteiger partial charge in [-0.1, -0.05) is 0 Å². The van der Waals surface area contributed by atoms with E-state index in [0.29, 0.717) is 6.07 Å². The van der Waals surface area contributed by atoms with Crippen molar-refractivity contribution >= 4 is 27.7 Å². The van der Waals surface area contributed by atoms with Gasteiger partial charge in [0.1, 0.15) is 17.1 Å². The summed E-state index contributed by atoms with van der Waals surface area (Å²) in [4.78, 5) is 22.4. The minimum absolute atomic E-state index is 0.0902. The molecular formula is C10H7BrF2O4. The molecule has 1 rings (SSSR count). The topological polar surface area (TPSA) is 63.6 Å². The third kappa shape index (κ3) is 2.60. The summed E-state index contributed by atoms with van der Waals surface area (Å²) < 4.78 is 30.6. The van der Waals surface area contributed by atoms with Gasteiger partial charge in [-0.3, -0.25) is 4.79 Å². The quantitative estimate of drug-likeness (QED) is 0.402. The highest BCUT2D eigenvalue weighted by Gasteiger charge is 2.28. The van der Waals surface area contributed by atoms with Gasteiger partial charge < -0.3 is 9.84 Å². The number of halogens is 3. The largest absolute Gasteiger partial charge is 0.507 e. The molecule has 0 spiro atoms. The molecule has 0 saturated carbocycles. The van der Waals surface area contributed by atoms with Crippen LogP contribution in [0.1, 0.15) is 17.3 Å². The van der Waals surface area contributed by atoms with Crippen LogP contribution in [-0.4, -0.2) is 23.5 Å². The number of phenols is 1. The Hall–Kier alpha value is -1.50. The molecule has 0 bridgehead atoms. The number of aromatic hydroxyl groups is 1. The fraction of sp³-hybridized carbons (Fsp3) is 0.200. The Bertz CT molecular complexity index is 488. The van der Waals surface area contributed by atoms with E-state index in [1.165, 1.54) is 6.92 Å². The molecular weight excluding hydrogens is 302 g/mol. The van der Waals surface area contributed by atoms with Crippen LogP contribution in [0.5, 0.6) is 5.75 Å². The van der Waals surface area contributed by atoms with E-state index >= 15 is 0 Å². The van der Waals surface area contributed by atoms with Gasteiger partial charge in [0.15, 0.2) is 5.82 Å². The highest BCUT2D eigenvalue weighted by atomic mass is 79.9. The summed E-state index contributed by atoms with van der Waals surface area (Å²) in [6.45, 7) is 1.36. The standard InChI is InChI=1S/C10H7BrF2O4/c1-2-17-10(16)9(15)6-4(12)3-5(14)7(11)8(6)13/h3,14H,2H2,1H3. The zero-order chi connectivity index (χ0) is 13.2. The zero-order valence-corrected chi connectivity index (χ0v) is 10.2. The van der Waals surface area contributed by atoms with Crippen molar-refractivity contribution in [3.8, 4) is 5.75 Å². The molecule has 0 unspecified atom stereocenters. The Morgan fingerprint density at radius 2 is 2.06 bits per heavy atom. The van der Waals surface area contributed by atoms with Crippen LogP contribution in [-0.2, 0) is 9.53 Å². The van der Waals surface area contributed by atoms with E-state index in [0.717, 1.165) is 0 Å². The number of hydrogen-bond acceptors (Lipinski definition) is 4. The van der Waals surface area contributed by atoms with Crippen LogP contribution < -0.4 is 0 Å². The maximum absolute atomic E-state index is 13.5. The number of rotatable bonds is 3. The van der Waals surface area contributed by atoms with E-state index in [9.17, 15) is 18.4 Å². The van der Waals surface area contributed by atoms with Crippen molar-refractivity contribution in [3.63, 3.8) is 0 Å². The molecule has 0 radical (unpaired) electrons. The lowest BCUT2D eigenvalue weighted by Crippen LogP contribution is -2.20. The molecule has 1 aromatic rings. The Morgan fingerprint density at radius 3 is 2.59 bits per heavy atom. The first-order valence-electron chi connectivity index (χ1n) is 4.48. The van der Waals surface area contributed by atoms with E-state index in [1.54, 1.807) is 0 Å². The zero-order valence-electron chi connectivity index (χ0n) is 8.59. The lowest BCUT2D eigenvalue weighted by molar-refractivity contribution is -0.137. The molecule has 4 nitrogen and oxygen atoms in total. The second-order valence-corrected chi connectivity index (χ2v) is 3.72. The molecule has 92 valence electrons. The van der Waals surface area contributed by atoms with Crippen LogP contribution in [0.3, 0.4) is 0 Å². The van der Waals surface area contributed by atoms with Gasteiger partial charge >= 0.3 is 5.97 Å². The van der Waals surface area contributed by atoms with Gasteiger partial charge in [0.05, 0.1) is 11.1 Å². The molecule has 17 heavy (non-hydrogen) atoms. The van der Waals surface area contributed by atoms with Crippen LogP contribution in [0.2, 0.25) is 0 Å². The van der Waals surface area contributed by atoms with Crippen molar-refractivity contribution in [1.29, 1.82) is 0 Å². The second kappa shape index (κ2) is 5.22. The van der Waals surface area contributed by atoms with Crippen molar-refractivity contribution in [3.05, 3.63) is 27.7 Å². The summed E-state index contributed by atoms with van der Waals surface area (Å²) in [6.07, 6.45) is 0. The number of carbonyl (C=O) groups is 2. The monoisotopic (exact) mass is 308 g/mol. The van der Waals surface area contributed by atoms with Crippen molar-refractivity contribution in [2.24, 2.45) is 0 Å². The Labute approximate surface area is 103 Å². The normalized spacial score (nSPS) is 10.1. The molecule has 0 fully saturated rings. The predicted molar refractivity (Wildman–Crippen MR) is 56.7 cm³/mol. The van der Waals surface area contributed by atoms with Crippen molar-refractivity contribution in [2.45, 2.75) is 6.92 Å². The fourth-order valence-corrected chi connectivity index (χ4v) is 1.40. The first-order valence-corrected chi connectivity index (χ1v) is 5.27. The van der Waals surface area contributed by atoms with Crippen LogP contribution in [0.4, 0.5) is 8.78 Å². The van der Waals surface area contributed by atoms with Gasteiger partial charge in [-0.2, -0.15) is 0 Å². The first kappa shape index (κ1) is 13.6. The van der Waals surface area contributed by atoms with E-state index in [-0.39, 0.29) is 6.61 Å². The summed E-state index contributed by atoms with van der Waals surface area (Å²) in [5.74, 6) is -6.19. The number of benzene rings is 1. The van der Waals surface area contributed by atoms with Gasteiger partial charge in [0.25, 0.3) is 5.78 Å². The number of Topliss-reactive ketones (excluding diaryl/α,β-unsaturated/α-hetero) is 1. The van der Waals surface area contributed by atoms with Gasteiger partial charge in [0, 0.05) is 6.07 Å². The number of ketones is 1. The van der Waals surface area contributed by atoms with E-state index in [2.05, 4.69) is 20.7 Å². The molecule has 0 saturated heterocycles. The minimum Gasteiger partial charge on any atom is -0.507 e. The van der Waals surface area contributed by atoms with E-state index in [1.807, 2.05) is 0 Å². The Morgan fingerprint density at radius 1 is 1.47 bits per heavy atom. The van der Waals surface area contributed by atoms with E-state index in [4.69, 9.17) is 5.11 Å². The van der Waals surface area contributed by atoms with Gasteiger partial charge in [-0.15, -0.1) is 0 Å². The summed E-state index contributed by atoms with van der Waals surface area (Å²) in [6, 6.07) is 0.527. The molecule has 1 aromatic carbocycles. The smallest absolute Gasteiger partial charge is 0.379 e. The SMILES string of the molecule is CCOC(=O)C(=O)c1c(F)cc(O)c(Br)c1F. The van der Waals surface area contributed by atoms with Gasteiger partial charge in [0.2, 0.25) is 0 Å². The molecule has 0 aliphatic heterocycles. The average Bonchev–Trinajstić information content (AvgIpc) is 2.26. The lowest BCUT2D eigenvalue weighted by Gasteiger charge is -2.06. The number of phenolic OH excluding ortho intramolecular Hbond substituents is 1. The lowest BCUT2D eigenvalue weighted by atomic mass is 10.1. The van der Waals surface area contributed by atoms with Crippen molar-refractivity contribution in [2.75, 3.05) is 6.61 Å². The number of hydrogen-bond donors (Lipinski definition) is 1. The Kier molecular flexibility index (Phi) is 4.17. The van der Waals surface area contributed by atoms with Crippen LogP contribution >= 0.6 is 15.9 Å². The molecule has 7 heteroatoms. The van der Waals surface area contributed by atoms with Crippen LogP contribution in [0, 0.1) is 11.6 Å².